The molecule has 0 aliphatic carbocycles. The molecule has 2 aromatic carbocycles. The van der Waals surface area contributed by atoms with E-state index in [0.717, 1.165) is 11.3 Å². The van der Waals surface area contributed by atoms with Crippen molar-refractivity contribution in [1.82, 2.24) is 4.72 Å². The molecule has 130 valence electrons. The normalized spacial score (nSPS) is 11.5. The Morgan fingerprint density at radius 2 is 1.71 bits per heavy atom. The van der Waals surface area contributed by atoms with Gasteiger partial charge in [-0.05, 0) is 37.1 Å². The van der Waals surface area contributed by atoms with Gasteiger partial charge in [0, 0.05) is 18.1 Å². The number of benzene rings is 2. The van der Waals surface area contributed by atoms with Gasteiger partial charge in [0.2, 0.25) is 10.0 Å². The molecule has 0 fully saturated rings. The minimum absolute atomic E-state index is 0.188. The molecular formula is C18H23NO3S2. The number of thioether (sulfide) groups is 1. The predicted molar refractivity (Wildman–Crippen MR) is 100 cm³/mol. The van der Waals surface area contributed by atoms with Gasteiger partial charge in [-0.2, -0.15) is 11.8 Å². The van der Waals surface area contributed by atoms with Gasteiger partial charge >= 0.3 is 0 Å². The van der Waals surface area contributed by atoms with Crippen molar-refractivity contribution in [3.8, 4) is 5.75 Å². The van der Waals surface area contributed by atoms with Crippen LogP contribution in [0.4, 0.5) is 0 Å². The third-order valence-electron chi connectivity index (χ3n) is 3.54. The van der Waals surface area contributed by atoms with Gasteiger partial charge in [-0.3, -0.25) is 0 Å². The lowest BCUT2D eigenvalue weighted by Crippen LogP contribution is -2.26. The predicted octanol–water partition coefficient (Wildman–Crippen LogP) is 3.52. The fourth-order valence-corrected chi connectivity index (χ4v) is 4.43. The number of methoxy groups -OCH3 is 1. The first kappa shape index (κ1) is 18.8. The van der Waals surface area contributed by atoms with Gasteiger partial charge in [-0.25, -0.2) is 13.1 Å². The third-order valence-corrected chi connectivity index (χ3v) is 6.05. The zero-order chi connectivity index (χ0) is 17.6. The topological polar surface area (TPSA) is 55.4 Å². The second kappa shape index (κ2) is 8.55. The molecule has 0 aromatic heterocycles. The maximum atomic E-state index is 12.4. The third kappa shape index (κ3) is 5.26. The Labute approximate surface area is 148 Å². The zero-order valence-electron chi connectivity index (χ0n) is 14.2. The Morgan fingerprint density at radius 3 is 2.38 bits per heavy atom. The molecule has 1 N–H and O–H groups in total. The number of aryl methyl sites for hydroxylation is 2. The average Bonchev–Trinajstić information content (AvgIpc) is 2.56. The van der Waals surface area contributed by atoms with Crippen LogP contribution in [0.3, 0.4) is 0 Å². The molecule has 0 aliphatic heterocycles. The second-order valence-corrected chi connectivity index (χ2v) is 8.43. The molecule has 0 spiro atoms. The molecule has 0 saturated heterocycles. The van der Waals surface area contributed by atoms with Gasteiger partial charge in [0.05, 0.1) is 7.11 Å². The highest BCUT2D eigenvalue weighted by Gasteiger charge is 2.18. The van der Waals surface area contributed by atoms with Gasteiger partial charge < -0.3 is 4.74 Å². The van der Waals surface area contributed by atoms with Gasteiger partial charge in [-0.15, -0.1) is 0 Å². The van der Waals surface area contributed by atoms with Crippen LogP contribution in [0.25, 0.3) is 0 Å². The van der Waals surface area contributed by atoms with Crippen molar-refractivity contribution in [2.45, 2.75) is 24.5 Å². The van der Waals surface area contributed by atoms with E-state index in [1.165, 1.54) is 18.2 Å². The van der Waals surface area contributed by atoms with E-state index in [9.17, 15) is 8.42 Å². The van der Waals surface area contributed by atoms with Crippen molar-refractivity contribution < 1.29 is 13.2 Å². The molecule has 0 heterocycles. The van der Waals surface area contributed by atoms with Gasteiger partial charge in [-0.1, -0.05) is 35.9 Å². The number of rotatable bonds is 8. The van der Waals surface area contributed by atoms with Crippen LogP contribution in [0.15, 0.2) is 47.4 Å². The first-order chi connectivity index (χ1) is 11.4. The molecule has 0 amide bonds. The molecule has 0 aliphatic rings. The molecule has 4 nitrogen and oxygen atoms in total. The number of sulfonamides is 1. The molecule has 0 radical (unpaired) electrons. The molecule has 2 rings (SSSR count). The molecule has 0 saturated carbocycles. The number of nitrogens with one attached hydrogen (secondary N) is 1. The minimum atomic E-state index is -3.56. The summed E-state index contributed by atoms with van der Waals surface area (Å²) in [6, 6.07) is 13.5. The summed E-state index contributed by atoms with van der Waals surface area (Å²) in [5, 5.41) is 0. The van der Waals surface area contributed by atoms with Gasteiger partial charge in [0.15, 0.2) is 0 Å². The molecular weight excluding hydrogens is 342 g/mol. The maximum Gasteiger partial charge on any atom is 0.244 e. The fraction of sp³-hybridized carbons (Fsp3) is 0.333. The fourth-order valence-electron chi connectivity index (χ4n) is 2.19. The van der Waals surface area contributed by atoms with Crippen LogP contribution < -0.4 is 9.46 Å². The van der Waals surface area contributed by atoms with Crippen LogP contribution >= 0.6 is 11.8 Å². The van der Waals surface area contributed by atoms with Crippen LogP contribution in [0.5, 0.6) is 5.75 Å². The molecule has 2 aromatic rings. The monoisotopic (exact) mass is 365 g/mol. The molecule has 24 heavy (non-hydrogen) atoms. The Morgan fingerprint density at radius 1 is 1.04 bits per heavy atom. The maximum absolute atomic E-state index is 12.4. The van der Waals surface area contributed by atoms with Crippen LogP contribution in [-0.2, 0) is 15.8 Å². The van der Waals surface area contributed by atoms with Crippen LogP contribution in [0.1, 0.15) is 16.7 Å². The van der Waals surface area contributed by atoms with E-state index in [1.807, 2.05) is 13.0 Å². The van der Waals surface area contributed by atoms with Crippen molar-refractivity contribution in [2.24, 2.45) is 0 Å². The standard InChI is InChI=1S/C18H23NO3S2/c1-14-4-7-16(8-5-14)13-23-11-10-19-24(20,21)18-12-15(2)6-9-17(18)22-3/h4-9,12,19H,10-11,13H2,1-3H3. The number of ether oxygens (including phenoxy) is 1. The zero-order valence-corrected chi connectivity index (χ0v) is 15.8. The Balaban J connectivity index is 1.87. The lowest BCUT2D eigenvalue weighted by Gasteiger charge is -2.11. The summed E-state index contributed by atoms with van der Waals surface area (Å²) in [5.74, 6) is 1.94. The van der Waals surface area contributed by atoms with Crippen molar-refractivity contribution in [2.75, 3.05) is 19.4 Å². The van der Waals surface area contributed by atoms with E-state index in [-0.39, 0.29) is 4.90 Å². The second-order valence-electron chi connectivity index (χ2n) is 5.59. The first-order valence-electron chi connectivity index (χ1n) is 7.70. The average molecular weight is 366 g/mol. The minimum Gasteiger partial charge on any atom is -0.495 e. The van der Waals surface area contributed by atoms with Crippen molar-refractivity contribution >= 4 is 21.8 Å². The lowest BCUT2D eigenvalue weighted by molar-refractivity contribution is 0.402. The van der Waals surface area contributed by atoms with E-state index in [0.29, 0.717) is 18.0 Å². The molecule has 0 unspecified atom stereocenters. The van der Waals surface area contributed by atoms with Crippen molar-refractivity contribution in [3.63, 3.8) is 0 Å². The Bertz CT molecular complexity index is 771. The van der Waals surface area contributed by atoms with E-state index >= 15 is 0 Å². The summed E-state index contributed by atoms with van der Waals surface area (Å²) >= 11 is 1.70. The van der Waals surface area contributed by atoms with E-state index in [1.54, 1.807) is 23.9 Å². The summed E-state index contributed by atoms with van der Waals surface area (Å²) in [5.41, 5.74) is 3.36. The van der Waals surface area contributed by atoms with Gasteiger partial charge in [0.1, 0.15) is 10.6 Å². The number of hydrogen-bond donors (Lipinski definition) is 1. The highest BCUT2D eigenvalue weighted by atomic mass is 32.2. The van der Waals surface area contributed by atoms with Crippen molar-refractivity contribution in [1.29, 1.82) is 0 Å². The van der Waals surface area contributed by atoms with Crippen LogP contribution in [0, 0.1) is 13.8 Å². The van der Waals surface area contributed by atoms with Crippen LogP contribution in [-0.4, -0.2) is 27.8 Å². The summed E-state index contributed by atoms with van der Waals surface area (Å²) in [6.45, 7) is 4.30. The van der Waals surface area contributed by atoms with Gasteiger partial charge in [0.25, 0.3) is 0 Å². The summed E-state index contributed by atoms with van der Waals surface area (Å²) < 4.78 is 32.7. The summed E-state index contributed by atoms with van der Waals surface area (Å²) in [7, 11) is -2.09. The highest BCUT2D eigenvalue weighted by molar-refractivity contribution is 7.98. The molecule has 6 heteroatoms. The Kier molecular flexibility index (Phi) is 6.71. The van der Waals surface area contributed by atoms with Crippen molar-refractivity contribution in [3.05, 3.63) is 59.2 Å². The summed E-state index contributed by atoms with van der Waals surface area (Å²) in [4.78, 5) is 0.188. The van der Waals surface area contributed by atoms with E-state index in [4.69, 9.17) is 4.74 Å². The first-order valence-corrected chi connectivity index (χ1v) is 10.3. The number of hydrogen-bond acceptors (Lipinski definition) is 4. The van der Waals surface area contributed by atoms with E-state index in [2.05, 4.69) is 35.9 Å². The largest absolute Gasteiger partial charge is 0.495 e. The van der Waals surface area contributed by atoms with Crippen LogP contribution in [0.2, 0.25) is 0 Å². The summed E-state index contributed by atoms with van der Waals surface area (Å²) in [6.07, 6.45) is 0. The highest BCUT2D eigenvalue weighted by Crippen LogP contribution is 2.24. The lowest BCUT2D eigenvalue weighted by atomic mass is 10.2. The smallest absolute Gasteiger partial charge is 0.244 e. The quantitative estimate of drug-likeness (QED) is 0.727. The molecule has 0 atom stereocenters. The SMILES string of the molecule is COc1ccc(C)cc1S(=O)(=O)NCCSCc1ccc(C)cc1. The molecule has 0 bridgehead atoms. The van der Waals surface area contributed by atoms with E-state index < -0.39 is 10.0 Å². The Hall–Kier alpha value is -1.50.